The van der Waals surface area contributed by atoms with Crippen LogP contribution >= 0.6 is 0 Å². The molecule has 29 heavy (non-hydrogen) atoms. The zero-order chi connectivity index (χ0) is 21.5. The smallest absolute Gasteiger partial charge is 0.315 e. The van der Waals surface area contributed by atoms with E-state index in [0.29, 0.717) is 0 Å². The molecule has 0 aromatic heterocycles. The topological polar surface area (TPSA) is 55.8 Å². The van der Waals surface area contributed by atoms with Gasteiger partial charge in [0.2, 0.25) is 0 Å². The molecule has 0 fully saturated rings. The number of benzene rings is 2. The first-order chi connectivity index (χ1) is 13.8. The number of aliphatic hydroxyl groups is 1. The van der Waals surface area contributed by atoms with Crippen LogP contribution in [-0.2, 0) is 14.0 Å². The Bertz CT molecular complexity index is 744. The Labute approximate surface area is 175 Å². The molecular weight excluding hydrogens is 380 g/mol. The van der Waals surface area contributed by atoms with Crippen LogP contribution in [0.1, 0.15) is 27.7 Å². The van der Waals surface area contributed by atoms with Crippen LogP contribution in [0.2, 0.25) is 5.04 Å². The van der Waals surface area contributed by atoms with Crippen molar-refractivity contribution in [2.75, 3.05) is 13.2 Å². The van der Waals surface area contributed by atoms with Gasteiger partial charge < -0.3 is 14.3 Å². The van der Waals surface area contributed by atoms with Crippen molar-refractivity contribution in [1.82, 2.24) is 0 Å². The summed E-state index contributed by atoms with van der Waals surface area (Å²) in [5, 5.41) is 12.8. The molecule has 0 unspecified atom stereocenters. The van der Waals surface area contributed by atoms with Gasteiger partial charge in [0.1, 0.15) is 5.92 Å². The second-order valence-electron chi connectivity index (χ2n) is 8.06. The number of carbonyl (C=O) groups excluding carboxylic acids is 1. The molecular formula is C24H32O4Si. The first kappa shape index (κ1) is 23.1. The lowest BCUT2D eigenvalue weighted by atomic mass is 10.0. The molecule has 0 heterocycles. The second-order valence-corrected chi connectivity index (χ2v) is 12.4. The molecule has 5 heteroatoms. The molecule has 2 aromatic rings. The van der Waals surface area contributed by atoms with Crippen LogP contribution in [0, 0.1) is 5.92 Å². The summed E-state index contributed by atoms with van der Waals surface area (Å²) in [5.41, 5.74) is 0. The van der Waals surface area contributed by atoms with E-state index < -0.39 is 26.3 Å². The van der Waals surface area contributed by atoms with Crippen LogP contribution in [0.15, 0.2) is 73.3 Å². The zero-order valence-corrected chi connectivity index (χ0v) is 18.8. The molecule has 0 saturated carbocycles. The molecule has 2 aromatic carbocycles. The van der Waals surface area contributed by atoms with E-state index in [1.165, 1.54) is 6.08 Å². The van der Waals surface area contributed by atoms with Crippen molar-refractivity contribution in [1.29, 1.82) is 0 Å². The lowest BCUT2D eigenvalue weighted by Crippen LogP contribution is -2.67. The molecule has 156 valence electrons. The Kier molecular flexibility index (Phi) is 7.96. The van der Waals surface area contributed by atoms with Crippen molar-refractivity contribution < 1.29 is 19.1 Å². The Morgan fingerprint density at radius 2 is 1.55 bits per heavy atom. The summed E-state index contributed by atoms with van der Waals surface area (Å²) in [7, 11) is -2.77. The van der Waals surface area contributed by atoms with Gasteiger partial charge in [0, 0.05) is 0 Å². The monoisotopic (exact) mass is 412 g/mol. The van der Waals surface area contributed by atoms with Crippen LogP contribution in [-0.4, -0.2) is 38.7 Å². The number of rotatable bonds is 9. The minimum atomic E-state index is -2.77. The van der Waals surface area contributed by atoms with E-state index in [2.05, 4.69) is 51.6 Å². The number of aliphatic hydroxyl groups excluding tert-OH is 1. The van der Waals surface area contributed by atoms with Crippen LogP contribution < -0.4 is 10.4 Å². The number of hydrogen-bond donors (Lipinski definition) is 1. The molecule has 0 aliphatic carbocycles. The van der Waals surface area contributed by atoms with Gasteiger partial charge in [0.15, 0.2) is 0 Å². The Balaban J connectivity index is 2.46. The summed E-state index contributed by atoms with van der Waals surface area (Å²) in [6.07, 6.45) is 0.394. The van der Waals surface area contributed by atoms with Gasteiger partial charge in [0.25, 0.3) is 8.32 Å². The predicted octanol–water partition coefficient (Wildman–Crippen LogP) is 3.29. The summed E-state index contributed by atoms with van der Waals surface area (Å²) in [6.45, 7) is 12.2. The Morgan fingerprint density at radius 1 is 1.07 bits per heavy atom. The summed E-state index contributed by atoms with van der Waals surface area (Å²) < 4.78 is 11.7. The maximum atomic E-state index is 12.2. The number of ether oxygens (including phenoxy) is 1. The quantitative estimate of drug-likeness (QED) is 0.390. The SMILES string of the molecule is C=C[C@@H](C(=O)OCC)[C@@H](O)CO[Si](c1ccccc1)(c1ccccc1)C(C)(C)C. The van der Waals surface area contributed by atoms with Crippen molar-refractivity contribution in [2.24, 2.45) is 5.92 Å². The predicted molar refractivity (Wildman–Crippen MR) is 120 cm³/mol. The van der Waals surface area contributed by atoms with E-state index in [0.717, 1.165) is 10.4 Å². The van der Waals surface area contributed by atoms with Crippen LogP contribution in [0.25, 0.3) is 0 Å². The maximum absolute atomic E-state index is 12.2. The molecule has 4 nitrogen and oxygen atoms in total. The van der Waals surface area contributed by atoms with E-state index >= 15 is 0 Å². The molecule has 0 aliphatic rings. The van der Waals surface area contributed by atoms with Gasteiger partial charge in [-0.25, -0.2) is 0 Å². The van der Waals surface area contributed by atoms with E-state index in [-0.39, 0.29) is 18.3 Å². The van der Waals surface area contributed by atoms with E-state index in [1.807, 2.05) is 36.4 Å². The molecule has 2 atom stereocenters. The Hall–Kier alpha value is -2.21. The van der Waals surface area contributed by atoms with Crippen LogP contribution in [0.3, 0.4) is 0 Å². The summed E-state index contributed by atoms with van der Waals surface area (Å²) in [6, 6.07) is 20.4. The molecule has 1 N–H and O–H groups in total. The molecule has 2 rings (SSSR count). The third-order valence-electron chi connectivity index (χ3n) is 5.11. The highest BCUT2D eigenvalue weighted by Crippen LogP contribution is 2.37. The lowest BCUT2D eigenvalue weighted by Gasteiger charge is -2.43. The summed E-state index contributed by atoms with van der Waals surface area (Å²) in [5.74, 6) is -1.31. The highest BCUT2D eigenvalue weighted by atomic mass is 28.4. The van der Waals surface area contributed by atoms with E-state index in [9.17, 15) is 9.90 Å². The van der Waals surface area contributed by atoms with E-state index in [4.69, 9.17) is 9.16 Å². The largest absolute Gasteiger partial charge is 0.465 e. The minimum Gasteiger partial charge on any atom is -0.465 e. The second kappa shape index (κ2) is 10.0. The van der Waals surface area contributed by atoms with Gasteiger partial charge in [0.05, 0.1) is 19.3 Å². The highest BCUT2D eigenvalue weighted by Gasteiger charge is 2.50. The number of esters is 1. The van der Waals surface area contributed by atoms with Gasteiger partial charge in [-0.3, -0.25) is 4.79 Å². The maximum Gasteiger partial charge on any atom is 0.315 e. The van der Waals surface area contributed by atoms with Gasteiger partial charge in [-0.15, -0.1) is 6.58 Å². The van der Waals surface area contributed by atoms with Crippen molar-refractivity contribution in [3.63, 3.8) is 0 Å². The molecule has 0 spiro atoms. The van der Waals surface area contributed by atoms with Crippen molar-refractivity contribution >= 4 is 24.7 Å². The number of carbonyl (C=O) groups is 1. The average Bonchev–Trinajstić information content (AvgIpc) is 2.70. The normalized spacial score (nSPS) is 14.1. The van der Waals surface area contributed by atoms with Gasteiger partial charge >= 0.3 is 5.97 Å². The van der Waals surface area contributed by atoms with Gasteiger partial charge in [-0.05, 0) is 22.3 Å². The van der Waals surface area contributed by atoms with Crippen molar-refractivity contribution in [3.05, 3.63) is 73.3 Å². The van der Waals surface area contributed by atoms with E-state index in [1.54, 1.807) is 6.92 Å². The lowest BCUT2D eigenvalue weighted by molar-refractivity contribution is -0.150. The van der Waals surface area contributed by atoms with Crippen molar-refractivity contribution in [2.45, 2.75) is 38.8 Å². The zero-order valence-electron chi connectivity index (χ0n) is 17.8. The standard InChI is InChI=1S/C24H32O4Si/c1-6-21(23(26)27-7-2)22(25)18-28-29(24(3,4)5,19-14-10-8-11-15-19)20-16-12-9-13-17-20/h6,8-17,21-22,25H,1,7,18H2,2-5H3/t21-,22+/m1/s1. The van der Waals surface area contributed by atoms with Gasteiger partial charge in [-0.2, -0.15) is 0 Å². The third kappa shape index (κ3) is 5.04. The van der Waals surface area contributed by atoms with Gasteiger partial charge in [-0.1, -0.05) is 87.5 Å². The molecule has 0 radical (unpaired) electrons. The first-order valence-electron chi connectivity index (χ1n) is 10.00. The highest BCUT2D eigenvalue weighted by molar-refractivity contribution is 6.99. The fraction of sp³-hybridized carbons (Fsp3) is 0.375. The molecule has 0 saturated heterocycles. The molecule has 0 aliphatic heterocycles. The van der Waals surface area contributed by atoms with Crippen molar-refractivity contribution in [3.8, 4) is 0 Å². The first-order valence-corrected chi connectivity index (χ1v) is 11.9. The fourth-order valence-electron chi connectivity index (χ4n) is 3.72. The molecule has 0 bridgehead atoms. The number of hydrogen-bond acceptors (Lipinski definition) is 4. The molecule has 0 amide bonds. The average molecular weight is 413 g/mol. The third-order valence-corrected chi connectivity index (χ3v) is 10.1. The van der Waals surface area contributed by atoms with Crippen LogP contribution in [0.4, 0.5) is 0 Å². The Morgan fingerprint density at radius 3 is 1.93 bits per heavy atom. The van der Waals surface area contributed by atoms with Crippen LogP contribution in [0.5, 0.6) is 0 Å². The summed E-state index contributed by atoms with van der Waals surface area (Å²) in [4.78, 5) is 12.2. The summed E-state index contributed by atoms with van der Waals surface area (Å²) >= 11 is 0. The fourth-order valence-corrected chi connectivity index (χ4v) is 8.30. The minimum absolute atomic E-state index is 0.0166.